The molecule has 0 saturated heterocycles. The summed E-state index contributed by atoms with van der Waals surface area (Å²) in [5.74, 6) is 0.541. The summed E-state index contributed by atoms with van der Waals surface area (Å²) in [6, 6.07) is 3.69. The molecule has 0 bridgehead atoms. The quantitative estimate of drug-likeness (QED) is 0.769. The van der Waals surface area contributed by atoms with Gasteiger partial charge in [-0.05, 0) is 18.1 Å². The summed E-state index contributed by atoms with van der Waals surface area (Å²) < 4.78 is 0. The van der Waals surface area contributed by atoms with E-state index in [9.17, 15) is 4.79 Å². The van der Waals surface area contributed by atoms with Crippen molar-refractivity contribution in [1.29, 1.82) is 0 Å². The van der Waals surface area contributed by atoms with Crippen LogP contribution >= 0.6 is 11.3 Å². The smallest absolute Gasteiger partial charge is 0.259 e. The normalized spacial score (nSPS) is 15.3. The SMILES string of the molecule is O=C(Nc1nnc(CC2CCCC2)s1)c1c[nH]c2ncccc12. The van der Waals surface area contributed by atoms with Gasteiger partial charge in [-0.1, -0.05) is 37.0 Å². The van der Waals surface area contributed by atoms with Crippen molar-refractivity contribution in [2.45, 2.75) is 32.1 Å². The van der Waals surface area contributed by atoms with Gasteiger partial charge in [0.1, 0.15) is 10.7 Å². The van der Waals surface area contributed by atoms with Gasteiger partial charge in [0.25, 0.3) is 5.91 Å². The number of aromatic amines is 1. The molecular weight excluding hydrogens is 310 g/mol. The Hall–Kier alpha value is -2.28. The standard InChI is InChI=1S/C16H17N5OS/c22-15(12-9-18-14-11(12)6-3-7-17-14)19-16-21-20-13(23-16)8-10-4-1-2-5-10/h3,6-7,9-10H,1-2,4-5,8H2,(H,17,18)(H,19,21,22). The lowest BCUT2D eigenvalue weighted by molar-refractivity contribution is 0.102. The van der Waals surface area contributed by atoms with E-state index in [0.717, 1.165) is 22.7 Å². The lowest BCUT2D eigenvalue weighted by atomic mass is 10.1. The highest BCUT2D eigenvalue weighted by Crippen LogP contribution is 2.29. The van der Waals surface area contributed by atoms with E-state index in [1.807, 2.05) is 12.1 Å². The van der Waals surface area contributed by atoms with E-state index < -0.39 is 0 Å². The van der Waals surface area contributed by atoms with Crippen molar-refractivity contribution in [2.75, 3.05) is 5.32 Å². The third-order valence-corrected chi connectivity index (χ3v) is 5.18. The van der Waals surface area contributed by atoms with E-state index in [1.54, 1.807) is 12.4 Å². The monoisotopic (exact) mass is 327 g/mol. The maximum Gasteiger partial charge on any atom is 0.259 e. The van der Waals surface area contributed by atoms with Gasteiger partial charge >= 0.3 is 0 Å². The van der Waals surface area contributed by atoms with Crippen LogP contribution < -0.4 is 5.32 Å². The Bertz CT molecular complexity index is 834. The fourth-order valence-electron chi connectivity index (χ4n) is 3.16. The highest BCUT2D eigenvalue weighted by atomic mass is 32.1. The van der Waals surface area contributed by atoms with Crippen LogP contribution in [0, 0.1) is 5.92 Å². The fraction of sp³-hybridized carbons (Fsp3) is 0.375. The van der Waals surface area contributed by atoms with Crippen LogP contribution in [-0.2, 0) is 6.42 Å². The van der Waals surface area contributed by atoms with E-state index in [0.29, 0.717) is 16.3 Å². The zero-order valence-electron chi connectivity index (χ0n) is 12.6. The van der Waals surface area contributed by atoms with E-state index in [2.05, 4.69) is 25.5 Å². The van der Waals surface area contributed by atoms with Gasteiger partial charge in [-0.25, -0.2) is 4.98 Å². The second-order valence-corrected chi connectivity index (χ2v) is 6.97. The topological polar surface area (TPSA) is 83.6 Å². The zero-order chi connectivity index (χ0) is 15.6. The van der Waals surface area contributed by atoms with Crippen LogP contribution in [0.3, 0.4) is 0 Å². The molecule has 0 unspecified atom stereocenters. The van der Waals surface area contributed by atoms with E-state index in [4.69, 9.17) is 0 Å². The van der Waals surface area contributed by atoms with Crippen molar-refractivity contribution in [3.8, 4) is 0 Å². The molecule has 1 fully saturated rings. The number of pyridine rings is 1. The largest absolute Gasteiger partial charge is 0.345 e. The van der Waals surface area contributed by atoms with Crippen molar-refractivity contribution < 1.29 is 4.79 Å². The minimum Gasteiger partial charge on any atom is -0.345 e. The van der Waals surface area contributed by atoms with Gasteiger partial charge in [0, 0.05) is 24.2 Å². The van der Waals surface area contributed by atoms with Gasteiger partial charge in [-0.15, -0.1) is 10.2 Å². The number of aromatic nitrogens is 4. The Kier molecular flexibility index (Phi) is 3.78. The minimum atomic E-state index is -0.187. The first-order chi connectivity index (χ1) is 11.3. The van der Waals surface area contributed by atoms with Gasteiger partial charge in [-0.3, -0.25) is 10.1 Å². The molecule has 0 aromatic carbocycles. The van der Waals surface area contributed by atoms with Crippen LogP contribution in [-0.4, -0.2) is 26.1 Å². The van der Waals surface area contributed by atoms with Crippen molar-refractivity contribution >= 4 is 33.4 Å². The molecule has 3 heterocycles. The minimum absolute atomic E-state index is 0.187. The molecular formula is C16H17N5OS. The second-order valence-electron chi connectivity index (χ2n) is 5.91. The van der Waals surface area contributed by atoms with Crippen molar-refractivity contribution in [3.63, 3.8) is 0 Å². The highest BCUT2D eigenvalue weighted by Gasteiger charge is 2.19. The maximum atomic E-state index is 12.4. The molecule has 0 radical (unpaired) electrons. The zero-order valence-corrected chi connectivity index (χ0v) is 13.4. The van der Waals surface area contributed by atoms with Gasteiger partial charge in [0.05, 0.1) is 5.56 Å². The number of hydrogen-bond acceptors (Lipinski definition) is 5. The van der Waals surface area contributed by atoms with Crippen LogP contribution in [0.4, 0.5) is 5.13 Å². The first kappa shape index (κ1) is 14.3. The molecule has 1 saturated carbocycles. The Morgan fingerprint density at radius 3 is 3.09 bits per heavy atom. The lowest BCUT2D eigenvalue weighted by Gasteiger charge is -2.03. The number of nitrogens with zero attached hydrogens (tertiary/aromatic N) is 3. The molecule has 6 nitrogen and oxygen atoms in total. The molecule has 1 aliphatic carbocycles. The molecule has 0 aliphatic heterocycles. The van der Waals surface area contributed by atoms with Crippen LogP contribution in [0.5, 0.6) is 0 Å². The Morgan fingerprint density at radius 2 is 2.22 bits per heavy atom. The first-order valence-corrected chi connectivity index (χ1v) is 8.67. The molecule has 1 amide bonds. The number of carbonyl (C=O) groups is 1. The Morgan fingerprint density at radius 1 is 1.35 bits per heavy atom. The van der Waals surface area contributed by atoms with Crippen molar-refractivity contribution in [2.24, 2.45) is 5.92 Å². The molecule has 3 aromatic rings. The number of hydrogen-bond donors (Lipinski definition) is 2. The summed E-state index contributed by atoms with van der Waals surface area (Å²) in [5, 5.41) is 13.5. The molecule has 7 heteroatoms. The summed E-state index contributed by atoms with van der Waals surface area (Å²) in [4.78, 5) is 19.6. The van der Waals surface area contributed by atoms with E-state index >= 15 is 0 Å². The van der Waals surface area contributed by atoms with Gasteiger partial charge in [0.2, 0.25) is 5.13 Å². The fourth-order valence-corrected chi connectivity index (χ4v) is 4.01. The van der Waals surface area contributed by atoms with Crippen LogP contribution in [0.1, 0.15) is 41.0 Å². The molecule has 23 heavy (non-hydrogen) atoms. The third-order valence-electron chi connectivity index (χ3n) is 4.32. The number of anilines is 1. The van der Waals surface area contributed by atoms with Crippen LogP contribution in [0.15, 0.2) is 24.5 Å². The average molecular weight is 327 g/mol. The summed E-state index contributed by atoms with van der Waals surface area (Å²) in [5.41, 5.74) is 1.28. The molecule has 3 aromatic heterocycles. The number of fused-ring (bicyclic) bond motifs is 1. The first-order valence-electron chi connectivity index (χ1n) is 7.85. The molecule has 118 valence electrons. The van der Waals surface area contributed by atoms with E-state index in [1.165, 1.54) is 37.0 Å². The lowest BCUT2D eigenvalue weighted by Crippen LogP contribution is -2.11. The highest BCUT2D eigenvalue weighted by molar-refractivity contribution is 7.15. The number of amides is 1. The summed E-state index contributed by atoms with van der Waals surface area (Å²) in [6.07, 6.45) is 9.55. The molecule has 2 N–H and O–H groups in total. The average Bonchev–Trinajstić information content (AvgIpc) is 3.28. The summed E-state index contributed by atoms with van der Waals surface area (Å²) >= 11 is 1.47. The van der Waals surface area contributed by atoms with Gasteiger partial charge < -0.3 is 4.98 Å². The van der Waals surface area contributed by atoms with Crippen LogP contribution in [0.25, 0.3) is 11.0 Å². The predicted octanol–water partition coefficient (Wildman–Crippen LogP) is 3.40. The van der Waals surface area contributed by atoms with Crippen molar-refractivity contribution in [3.05, 3.63) is 35.1 Å². The number of carbonyl (C=O) groups excluding carboxylic acids is 1. The van der Waals surface area contributed by atoms with Crippen molar-refractivity contribution in [1.82, 2.24) is 20.2 Å². The van der Waals surface area contributed by atoms with Gasteiger partial charge in [-0.2, -0.15) is 0 Å². The predicted molar refractivity (Wildman–Crippen MR) is 89.6 cm³/mol. The Labute approximate surface area is 137 Å². The third kappa shape index (κ3) is 2.96. The molecule has 4 rings (SSSR count). The van der Waals surface area contributed by atoms with E-state index in [-0.39, 0.29) is 5.91 Å². The maximum absolute atomic E-state index is 12.4. The number of H-pyrrole nitrogens is 1. The molecule has 1 aliphatic rings. The molecule has 0 spiro atoms. The molecule has 0 atom stereocenters. The number of rotatable bonds is 4. The van der Waals surface area contributed by atoms with Crippen LogP contribution in [0.2, 0.25) is 0 Å². The Balaban J connectivity index is 1.47. The summed E-state index contributed by atoms with van der Waals surface area (Å²) in [7, 11) is 0. The van der Waals surface area contributed by atoms with Gasteiger partial charge in [0.15, 0.2) is 0 Å². The second kappa shape index (κ2) is 6.08. The summed E-state index contributed by atoms with van der Waals surface area (Å²) in [6.45, 7) is 0. The number of nitrogens with one attached hydrogen (secondary N) is 2.